The van der Waals surface area contributed by atoms with E-state index in [-0.39, 0.29) is 18.5 Å². The molecule has 0 spiro atoms. The average molecular weight is 557 g/mol. The van der Waals surface area contributed by atoms with Crippen molar-refractivity contribution < 1.29 is 18.0 Å². The Morgan fingerprint density at radius 2 is 1.58 bits per heavy atom. The molecule has 0 bridgehead atoms. The zero-order valence-corrected chi connectivity index (χ0v) is 23.8. The highest BCUT2D eigenvalue weighted by atomic mass is 35.5. The standard InChI is InChI=1S/C26H35Cl2N3O4S/c1-6-18(4)29-26(33)23(8-3)30(16-20-21(27)13-11-14-22(20)28)25(32)17-31(36(5,34)35)24-15-10-9-12-19(24)7-2/h9-15,18,23H,6-8,16-17H2,1-5H3,(H,29,33)/t18-,23-/m0/s1. The summed E-state index contributed by atoms with van der Waals surface area (Å²) in [5, 5.41) is 3.64. The molecule has 0 aromatic heterocycles. The Labute approximate surface area is 224 Å². The molecule has 0 aliphatic heterocycles. The van der Waals surface area contributed by atoms with Crippen molar-refractivity contribution in [3.63, 3.8) is 0 Å². The molecule has 0 saturated heterocycles. The lowest BCUT2D eigenvalue weighted by atomic mass is 10.1. The molecule has 0 aliphatic carbocycles. The van der Waals surface area contributed by atoms with Gasteiger partial charge in [0.15, 0.2) is 0 Å². The summed E-state index contributed by atoms with van der Waals surface area (Å²) in [6.07, 6.45) is 2.70. The zero-order valence-electron chi connectivity index (χ0n) is 21.4. The van der Waals surface area contributed by atoms with Gasteiger partial charge in [0.1, 0.15) is 12.6 Å². The van der Waals surface area contributed by atoms with Gasteiger partial charge in [0, 0.05) is 28.2 Å². The Morgan fingerprint density at radius 1 is 0.972 bits per heavy atom. The summed E-state index contributed by atoms with van der Waals surface area (Å²) >= 11 is 12.8. The van der Waals surface area contributed by atoms with Crippen LogP contribution in [0.5, 0.6) is 0 Å². The lowest BCUT2D eigenvalue weighted by Gasteiger charge is -2.34. The van der Waals surface area contributed by atoms with Crippen molar-refractivity contribution >= 4 is 50.7 Å². The molecule has 7 nitrogen and oxygen atoms in total. The average Bonchev–Trinajstić information content (AvgIpc) is 2.83. The number of carbonyl (C=O) groups is 2. The fraction of sp³-hybridized carbons (Fsp3) is 0.462. The summed E-state index contributed by atoms with van der Waals surface area (Å²) in [4.78, 5) is 28.4. The maximum absolute atomic E-state index is 13.8. The van der Waals surface area contributed by atoms with E-state index in [0.717, 1.165) is 22.5 Å². The maximum Gasteiger partial charge on any atom is 0.244 e. The van der Waals surface area contributed by atoms with E-state index < -0.39 is 28.5 Å². The van der Waals surface area contributed by atoms with Gasteiger partial charge in [-0.1, -0.05) is 68.2 Å². The van der Waals surface area contributed by atoms with Crippen molar-refractivity contribution in [1.29, 1.82) is 0 Å². The molecule has 2 atom stereocenters. The van der Waals surface area contributed by atoms with Gasteiger partial charge in [-0.05, 0) is 49.9 Å². The molecular formula is C26H35Cl2N3O4S. The summed E-state index contributed by atoms with van der Waals surface area (Å²) in [6.45, 7) is 7.04. The molecule has 10 heteroatoms. The van der Waals surface area contributed by atoms with Crippen molar-refractivity contribution in [3.8, 4) is 0 Å². The van der Waals surface area contributed by atoms with Crippen LogP contribution in [0.25, 0.3) is 0 Å². The summed E-state index contributed by atoms with van der Waals surface area (Å²) < 4.78 is 26.7. The third-order valence-electron chi connectivity index (χ3n) is 6.10. The molecule has 0 fully saturated rings. The first-order valence-corrected chi connectivity index (χ1v) is 14.6. The van der Waals surface area contributed by atoms with Crippen LogP contribution in [0.15, 0.2) is 42.5 Å². The van der Waals surface area contributed by atoms with E-state index in [2.05, 4.69) is 5.32 Å². The molecule has 0 saturated carbocycles. The number of rotatable bonds is 12. The summed E-state index contributed by atoms with van der Waals surface area (Å²) in [5.41, 5.74) is 1.71. The molecule has 36 heavy (non-hydrogen) atoms. The van der Waals surface area contributed by atoms with Gasteiger partial charge >= 0.3 is 0 Å². The van der Waals surface area contributed by atoms with Gasteiger partial charge in [0.2, 0.25) is 21.8 Å². The lowest BCUT2D eigenvalue weighted by molar-refractivity contribution is -0.140. The number of hydrogen-bond acceptors (Lipinski definition) is 4. The summed E-state index contributed by atoms with van der Waals surface area (Å²) in [7, 11) is -3.81. The van der Waals surface area contributed by atoms with Crippen molar-refractivity contribution in [2.45, 2.75) is 65.6 Å². The quantitative estimate of drug-likeness (QED) is 0.397. The molecule has 0 radical (unpaired) electrons. The van der Waals surface area contributed by atoms with Crippen LogP contribution in [0, 0.1) is 0 Å². The highest BCUT2D eigenvalue weighted by Crippen LogP contribution is 2.28. The minimum absolute atomic E-state index is 0.0448. The number of hydrogen-bond donors (Lipinski definition) is 1. The van der Waals surface area contributed by atoms with Gasteiger partial charge < -0.3 is 10.2 Å². The summed E-state index contributed by atoms with van der Waals surface area (Å²) in [5.74, 6) is -0.850. The highest BCUT2D eigenvalue weighted by Gasteiger charge is 2.33. The van der Waals surface area contributed by atoms with E-state index in [1.54, 1.807) is 37.3 Å². The second kappa shape index (κ2) is 13.3. The Bertz CT molecular complexity index is 1150. The maximum atomic E-state index is 13.8. The minimum Gasteiger partial charge on any atom is -0.352 e. The molecular weight excluding hydrogens is 521 g/mol. The number of sulfonamides is 1. The predicted octanol–water partition coefficient (Wildman–Crippen LogP) is 5.04. The molecule has 2 amide bonds. The van der Waals surface area contributed by atoms with Crippen molar-refractivity contribution in [1.82, 2.24) is 10.2 Å². The number of amides is 2. The van der Waals surface area contributed by atoms with E-state index in [1.165, 1.54) is 4.90 Å². The number of anilines is 1. The van der Waals surface area contributed by atoms with Crippen LogP contribution in [-0.2, 0) is 32.6 Å². The molecule has 198 valence electrons. The predicted molar refractivity (Wildman–Crippen MR) is 147 cm³/mol. The number of aryl methyl sites for hydroxylation is 1. The van der Waals surface area contributed by atoms with Crippen LogP contribution in [0.3, 0.4) is 0 Å². The second-order valence-electron chi connectivity index (χ2n) is 8.72. The first-order valence-electron chi connectivity index (χ1n) is 12.0. The molecule has 0 unspecified atom stereocenters. The lowest BCUT2D eigenvalue weighted by Crippen LogP contribution is -2.53. The van der Waals surface area contributed by atoms with E-state index in [4.69, 9.17) is 23.2 Å². The van der Waals surface area contributed by atoms with Crippen molar-refractivity contribution in [2.24, 2.45) is 0 Å². The van der Waals surface area contributed by atoms with Gasteiger partial charge in [-0.3, -0.25) is 13.9 Å². The van der Waals surface area contributed by atoms with E-state index in [1.807, 2.05) is 32.9 Å². The molecule has 2 aromatic rings. The van der Waals surface area contributed by atoms with Gasteiger partial charge in [-0.15, -0.1) is 0 Å². The first kappa shape index (κ1) is 29.9. The topological polar surface area (TPSA) is 86.8 Å². The smallest absolute Gasteiger partial charge is 0.244 e. The third-order valence-corrected chi connectivity index (χ3v) is 7.93. The Morgan fingerprint density at radius 3 is 2.11 bits per heavy atom. The van der Waals surface area contributed by atoms with Crippen LogP contribution < -0.4 is 9.62 Å². The molecule has 0 heterocycles. The molecule has 2 aromatic carbocycles. The fourth-order valence-corrected chi connectivity index (χ4v) is 5.26. The van der Waals surface area contributed by atoms with E-state index >= 15 is 0 Å². The Kier molecular flexibility index (Phi) is 11.1. The van der Waals surface area contributed by atoms with Crippen LogP contribution in [0.1, 0.15) is 51.7 Å². The second-order valence-corrected chi connectivity index (χ2v) is 11.4. The van der Waals surface area contributed by atoms with Gasteiger partial charge in [-0.25, -0.2) is 8.42 Å². The highest BCUT2D eigenvalue weighted by molar-refractivity contribution is 7.92. The Hall–Kier alpha value is -2.29. The summed E-state index contributed by atoms with van der Waals surface area (Å²) in [6, 6.07) is 11.1. The van der Waals surface area contributed by atoms with Gasteiger partial charge in [0.25, 0.3) is 0 Å². The third kappa shape index (κ3) is 7.60. The Balaban J connectivity index is 2.54. The number of benzene rings is 2. The van der Waals surface area contributed by atoms with Crippen molar-refractivity contribution in [3.05, 3.63) is 63.6 Å². The molecule has 1 N–H and O–H groups in total. The number of carbonyl (C=O) groups excluding carboxylic acids is 2. The number of nitrogens with one attached hydrogen (secondary N) is 1. The van der Waals surface area contributed by atoms with Crippen LogP contribution >= 0.6 is 23.2 Å². The van der Waals surface area contributed by atoms with Gasteiger partial charge in [0.05, 0.1) is 11.9 Å². The van der Waals surface area contributed by atoms with Crippen LogP contribution in [-0.4, -0.2) is 50.0 Å². The number of halogens is 2. The monoisotopic (exact) mass is 555 g/mol. The normalized spacial score (nSPS) is 13.1. The zero-order chi connectivity index (χ0) is 27.0. The minimum atomic E-state index is -3.81. The van der Waals surface area contributed by atoms with Crippen LogP contribution in [0.2, 0.25) is 10.0 Å². The number of nitrogens with zero attached hydrogens (tertiary/aromatic N) is 2. The molecule has 0 aliphatic rings. The van der Waals surface area contributed by atoms with Crippen LogP contribution in [0.4, 0.5) is 5.69 Å². The fourth-order valence-electron chi connectivity index (χ4n) is 3.86. The number of para-hydroxylation sites is 1. The largest absolute Gasteiger partial charge is 0.352 e. The SMILES string of the molecule is CCc1ccccc1N(CC(=O)N(Cc1c(Cl)cccc1Cl)[C@@H](CC)C(=O)N[C@@H](C)CC)S(C)(=O)=O. The van der Waals surface area contributed by atoms with E-state index in [9.17, 15) is 18.0 Å². The van der Waals surface area contributed by atoms with E-state index in [0.29, 0.717) is 34.1 Å². The first-order chi connectivity index (χ1) is 16.9. The van der Waals surface area contributed by atoms with Gasteiger partial charge in [-0.2, -0.15) is 0 Å². The molecule has 2 rings (SSSR count). The van der Waals surface area contributed by atoms with Crippen molar-refractivity contribution in [2.75, 3.05) is 17.1 Å².